The summed E-state index contributed by atoms with van der Waals surface area (Å²) in [5, 5.41) is 6.63. The molecule has 0 amide bonds. The Labute approximate surface area is 179 Å². The van der Waals surface area contributed by atoms with Crippen LogP contribution in [0.2, 0.25) is 0 Å². The van der Waals surface area contributed by atoms with Crippen LogP contribution >= 0.6 is 11.3 Å². The van der Waals surface area contributed by atoms with E-state index in [0.717, 1.165) is 5.56 Å². The maximum atomic E-state index is 12.3. The molecule has 30 heavy (non-hydrogen) atoms. The van der Waals surface area contributed by atoms with Crippen LogP contribution in [0, 0.1) is 0 Å². The molecule has 0 spiro atoms. The Morgan fingerprint density at radius 1 is 1.10 bits per heavy atom. The highest BCUT2D eigenvalue weighted by Crippen LogP contribution is 2.28. The number of anilines is 1. The van der Waals surface area contributed by atoms with Crippen LogP contribution in [0.25, 0.3) is 11.3 Å². The molecule has 1 N–H and O–H groups in total. The van der Waals surface area contributed by atoms with Crippen molar-refractivity contribution in [2.75, 3.05) is 33.7 Å². The topological polar surface area (TPSA) is 93.1 Å². The van der Waals surface area contributed by atoms with Crippen molar-refractivity contribution in [3.63, 3.8) is 0 Å². The number of nitrogens with zero attached hydrogens (tertiary/aromatic N) is 3. The fourth-order valence-corrected chi connectivity index (χ4v) is 4.20. The van der Waals surface area contributed by atoms with Crippen molar-refractivity contribution in [2.45, 2.75) is 4.90 Å². The molecular formula is C20H22N4O4S2. The van der Waals surface area contributed by atoms with Gasteiger partial charge in [0.2, 0.25) is 15.2 Å². The molecular weight excluding hydrogens is 424 g/mol. The standard InChI is InChI=1S/C20H22N4O4S2/c1-24(2)30(25,26)16-7-5-6-15(11-16)17-13-29-20(22-17)23-21-12-14-8-9-18(27-3)19(10-14)28-4/h5-13H,1-4H3,(H,22,23)/b21-12-. The number of benzene rings is 2. The summed E-state index contributed by atoms with van der Waals surface area (Å²) in [6.45, 7) is 0. The number of hydrogen-bond donors (Lipinski definition) is 1. The number of hydrogen-bond acceptors (Lipinski definition) is 8. The Bertz CT molecular complexity index is 1160. The van der Waals surface area contributed by atoms with Crippen molar-refractivity contribution in [2.24, 2.45) is 5.10 Å². The van der Waals surface area contributed by atoms with E-state index in [0.29, 0.717) is 27.9 Å². The molecule has 8 nitrogen and oxygen atoms in total. The van der Waals surface area contributed by atoms with E-state index in [2.05, 4.69) is 15.5 Å². The van der Waals surface area contributed by atoms with Gasteiger partial charge in [0.25, 0.3) is 0 Å². The largest absolute Gasteiger partial charge is 0.493 e. The molecule has 0 fully saturated rings. The SMILES string of the molecule is COc1ccc(/C=N\Nc2nc(-c3cccc(S(=O)(=O)N(C)C)c3)cs2)cc1OC. The molecule has 158 valence electrons. The smallest absolute Gasteiger partial charge is 0.242 e. The Hall–Kier alpha value is -2.95. The maximum Gasteiger partial charge on any atom is 0.242 e. The van der Waals surface area contributed by atoms with E-state index in [1.807, 2.05) is 23.6 Å². The molecule has 0 radical (unpaired) electrons. The predicted octanol–water partition coefficient (Wildman–Crippen LogP) is 3.52. The summed E-state index contributed by atoms with van der Waals surface area (Å²) in [5.41, 5.74) is 5.10. The van der Waals surface area contributed by atoms with E-state index in [9.17, 15) is 8.42 Å². The summed E-state index contributed by atoms with van der Waals surface area (Å²) in [4.78, 5) is 4.70. The van der Waals surface area contributed by atoms with Crippen molar-refractivity contribution in [3.05, 3.63) is 53.4 Å². The maximum absolute atomic E-state index is 12.3. The van der Waals surface area contributed by atoms with Gasteiger partial charge in [-0.05, 0) is 35.9 Å². The molecule has 0 atom stereocenters. The molecule has 0 saturated carbocycles. The zero-order valence-electron chi connectivity index (χ0n) is 17.0. The molecule has 0 saturated heterocycles. The number of nitrogens with one attached hydrogen (secondary N) is 1. The van der Waals surface area contributed by atoms with E-state index in [-0.39, 0.29) is 4.90 Å². The lowest BCUT2D eigenvalue weighted by Gasteiger charge is -2.11. The minimum atomic E-state index is -3.51. The molecule has 10 heteroatoms. The van der Waals surface area contributed by atoms with E-state index in [1.54, 1.807) is 44.7 Å². The van der Waals surface area contributed by atoms with Crippen molar-refractivity contribution in [1.29, 1.82) is 0 Å². The second-order valence-electron chi connectivity index (χ2n) is 6.34. The first-order valence-electron chi connectivity index (χ1n) is 8.84. The average molecular weight is 447 g/mol. The van der Waals surface area contributed by atoms with Crippen molar-refractivity contribution in [1.82, 2.24) is 9.29 Å². The summed E-state index contributed by atoms with van der Waals surface area (Å²) in [5.74, 6) is 1.26. The van der Waals surface area contributed by atoms with Gasteiger partial charge in [0.1, 0.15) is 0 Å². The Morgan fingerprint density at radius 3 is 2.57 bits per heavy atom. The van der Waals surface area contributed by atoms with Crippen LogP contribution in [0.1, 0.15) is 5.56 Å². The minimum Gasteiger partial charge on any atom is -0.493 e. The first kappa shape index (κ1) is 21.8. The van der Waals surface area contributed by atoms with Crippen molar-refractivity contribution >= 4 is 32.7 Å². The van der Waals surface area contributed by atoms with Crippen molar-refractivity contribution < 1.29 is 17.9 Å². The highest BCUT2D eigenvalue weighted by atomic mass is 32.2. The third kappa shape index (κ3) is 4.78. The van der Waals surface area contributed by atoms with Crippen LogP contribution in [-0.2, 0) is 10.0 Å². The third-order valence-corrected chi connectivity index (χ3v) is 6.75. The highest BCUT2D eigenvalue weighted by Gasteiger charge is 2.18. The van der Waals surface area contributed by atoms with Gasteiger partial charge in [-0.1, -0.05) is 12.1 Å². The van der Waals surface area contributed by atoms with Crippen LogP contribution in [-0.4, -0.2) is 52.2 Å². The van der Waals surface area contributed by atoms with Gasteiger partial charge in [0, 0.05) is 25.0 Å². The van der Waals surface area contributed by atoms with E-state index in [4.69, 9.17) is 9.47 Å². The van der Waals surface area contributed by atoms with E-state index >= 15 is 0 Å². The first-order valence-corrected chi connectivity index (χ1v) is 11.2. The normalized spacial score (nSPS) is 11.8. The monoisotopic (exact) mass is 446 g/mol. The summed E-state index contributed by atoms with van der Waals surface area (Å²) in [6, 6.07) is 12.2. The number of thiazole rings is 1. The lowest BCUT2D eigenvalue weighted by Crippen LogP contribution is -2.22. The first-order chi connectivity index (χ1) is 14.3. The van der Waals surface area contributed by atoms with Gasteiger partial charge in [-0.15, -0.1) is 11.3 Å². The van der Waals surface area contributed by atoms with E-state index in [1.165, 1.54) is 29.7 Å². The number of hydrazone groups is 1. The summed E-state index contributed by atoms with van der Waals surface area (Å²) >= 11 is 1.37. The van der Waals surface area contributed by atoms with Gasteiger partial charge >= 0.3 is 0 Å². The van der Waals surface area contributed by atoms with Crippen LogP contribution in [0.15, 0.2) is 57.8 Å². The zero-order chi connectivity index (χ0) is 21.7. The van der Waals surface area contributed by atoms with Crippen LogP contribution in [0.5, 0.6) is 11.5 Å². The Kier molecular flexibility index (Phi) is 6.70. The lowest BCUT2D eigenvalue weighted by atomic mass is 10.2. The average Bonchev–Trinajstić information content (AvgIpc) is 3.22. The van der Waals surface area contributed by atoms with Gasteiger partial charge in [-0.3, -0.25) is 5.43 Å². The zero-order valence-corrected chi connectivity index (χ0v) is 18.6. The summed E-state index contributed by atoms with van der Waals surface area (Å²) in [7, 11) is 2.66. The molecule has 0 aliphatic carbocycles. The molecule has 3 rings (SSSR count). The molecule has 2 aromatic carbocycles. The third-order valence-electron chi connectivity index (χ3n) is 4.19. The van der Waals surface area contributed by atoms with Crippen LogP contribution in [0.3, 0.4) is 0 Å². The van der Waals surface area contributed by atoms with E-state index < -0.39 is 10.0 Å². The quantitative estimate of drug-likeness (QED) is 0.420. The van der Waals surface area contributed by atoms with Gasteiger partial charge < -0.3 is 9.47 Å². The molecule has 3 aromatic rings. The predicted molar refractivity (Wildman–Crippen MR) is 119 cm³/mol. The number of sulfonamides is 1. The van der Waals surface area contributed by atoms with Gasteiger partial charge in [0.05, 0.1) is 31.0 Å². The molecule has 0 bridgehead atoms. The van der Waals surface area contributed by atoms with Gasteiger partial charge in [-0.25, -0.2) is 17.7 Å². The Balaban J connectivity index is 1.74. The summed E-state index contributed by atoms with van der Waals surface area (Å²) < 4.78 is 36.4. The highest BCUT2D eigenvalue weighted by molar-refractivity contribution is 7.89. The molecule has 0 aliphatic rings. The number of aromatic nitrogens is 1. The van der Waals surface area contributed by atoms with Gasteiger partial charge in [0.15, 0.2) is 11.5 Å². The van der Waals surface area contributed by atoms with Crippen molar-refractivity contribution in [3.8, 4) is 22.8 Å². The fraction of sp³-hybridized carbons (Fsp3) is 0.200. The second-order valence-corrected chi connectivity index (χ2v) is 9.35. The number of ether oxygens (including phenoxy) is 2. The Morgan fingerprint density at radius 2 is 1.87 bits per heavy atom. The van der Waals surface area contributed by atoms with Gasteiger partial charge in [-0.2, -0.15) is 5.10 Å². The molecule has 1 aromatic heterocycles. The van der Waals surface area contributed by atoms with Crippen LogP contribution in [0.4, 0.5) is 5.13 Å². The molecule has 1 heterocycles. The second kappa shape index (κ2) is 9.24. The van der Waals surface area contributed by atoms with Crippen LogP contribution < -0.4 is 14.9 Å². The number of methoxy groups -OCH3 is 2. The summed E-state index contributed by atoms with van der Waals surface area (Å²) in [6.07, 6.45) is 1.65. The minimum absolute atomic E-state index is 0.221. The molecule has 0 unspecified atom stereocenters. The molecule has 0 aliphatic heterocycles. The lowest BCUT2D eigenvalue weighted by molar-refractivity contribution is 0.355. The number of rotatable bonds is 8. The fourth-order valence-electron chi connectivity index (χ4n) is 2.58.